The standard InChI is InChI=1S/C22H16FN3O3/c1-2-28-22(27)19-10-8-14(29-19)12-26-18-6-4-3-5-15(18)20-21(26)25-16-9-7-13(23)11-17(16)24-20/h3-11H,2,12H2,1H3. The summed E-state index contributed by atoms with van der Waals surface area (Å²) in [6.45, 7) is 2.39. The normalized spacial score (nSPS) is 11.5. The van der Waals surface area contributed by atoms with E-state index in [0.717, 1.165) is 10.9 Å². The van der Waals surface area contributed by atoms with Gasteiger partial charge in [-0.2, -0.15) is 0 Å². The number of benzene rings is 2. The molecule has 3 aromatic heterocycles. The fourth-order valence-corrected chi connectivity index (χ4v) is 3.50. The minimum Gasteiger partial charge on any atom is -0.460 e. The van der Waals surface area contributed by atoms with Gasteiger partial charge < -0.3 is 13.7 Å². The first-order valence-corrected chi connectivity index (χ1v) is 9.24. The molecule has 6 nitrogen and oxygen atoms in total. The maximum Gasteiger partial charge on any atom is 0.374 e. The van der Waals surface area contributed by atoms with Crippen LogP contribution < -0.4 is 0 Å². The van der Waals surface area contributed by atoms with Crippen LogP contribution in [0.5, 0.6) is 0 Å². The number of nitrogens with zero attached hydrogens (tertiary/aromatic N) is 3. The Morgan fingerprint density at radius 2 is 1.97 bits per heavy atom. The number of fused-ring (bicyclic) bond motifs is 4. The van der Waals surface area contributed by atoms with Crippen molar-refractivity contribution in [2.45, 2.75) is 13.5 Å². The molecule has 2 aromatic carbocycles. The zero-order chi connectivity index (χ0) is 20.0. The highest BCUT2D eigenvalue weighted by molar-refractivity contribution is 6.06. The van der Waals surface area contributed by atoms with E-state index < -0.39 is 5.97 Å². The maximum absolute atomic E-state index is 13.6. The number of furan rings is 1. The van der Waals surface area contributed by atoms with Crippen LogP contribution in [-0.4, -0.2) is 27.1 Å². The molecule has 29 heavy (non-hydrogen) atoms. The van der Waals surface area contributed by atoms with E-state index in [-0.39, 0.29) is 18.2 Å². The smallest absolute Gasteiger partial charge is 0.374 e. The summed E-state index contributed by atoms with van der Waals surface area (Å²) in [5.74, 6) is -0.0860. The van der Waals surface area contributed by atoms with Crippen LogP contribution >= 0.6 is 0 Å². The van der Waals surface area contributed by atoms with Crippen molar-refractivity contribution in [2.24, 2.45) is 0 Å². The summed E-state index contributed by atoms with van der Waals surface area (Å²) in [4.78, 5) is 21.3. The molecule has 3 heterocycles. The molecule has 0 amide bonds. The molecule has 0 aliphatic rings. The van der Waals surface area contributed by atoms with Gasteiger partial charge in [-0.15, -0.1) is 0 Å². The number of hydrogen-bond acceptors (Lipinski definition) is 5. The first kappa shape index (κ1) is 17.4. The van der Waals surface area contributed by atoms with Gasteiger partial charge in [0.05, 0.1) is 29.7 Å². The van der Waals surface area contributed by atoms with Gasteiger partial charge in [-0.25, -0.2) is 19.2 Å². The first-order chi connectivity index (χ1) is 14.1. The van der Waals surface area contributed by atoms with Gasteiger partial charge >= 0.3 is 5.97 Å². The molecule has 0 aliphatic heterocycles. The summed E-state index contributed by atoms with van der Waals surface area (Å²) in [7, 11) is 0. The van der Waals surface area contributed by atoms with Crippen LogP contribution in [0.2, 0.25) is 0 Å². The van der Waals surface area contributed by atoms with Gasteiger partial charge in [-0.05, 0) is 37.3 Å². The van der Waals surface area contributed by atoms with Crippen LogP contribution in [0, 0.1) is 5.82 Å². The monoisotopic (exact) mass is 389 g/mol. The molecular weight excluding hydrogens is 373 g/mol. The van der Waals surface area contributed by atoms with Crippen molar-refractivity contribution in [1.82, 2.24) is 14.5 Å². The van der Waals surface area contributed by atoms with Crippen molar-refractivity contribution in [2.75, 3.05) is 6.61 Å². The molecule has 0 unspecified atom stereocenters. The maximum atomic E-state index is 13.6. The summed E-state index contributed by atoms with van der Waals surface area (Å²) in [6.07, 6.45) is 0. The Kier molecular flexibility index (Phi) is 4.01. The van der Waals surface area contributed by atoms with E-state index in [0.29, 0.717) is 34.5 Å². The lowest BCUT2D eigenvalue weighted by Gasteiger charge is -2.05. The Morgan fingerprint density at radius 1 is 1.10 bits per heavy atom. The third-order valence-corrected chi connectivity index (χ3v) is 4.77. The van der Waals surface area contributed by atoms with Gasteiger partial charge in [0.15, 0.2) is 5.65 Å². The molecule has 0 atom stereocenters. The van der Waals surface area contributed by atoms with Crippen LogP contribution in [0.3, 0.4) is 0 Å². The molecular formula is C22H16FN3O3. The highest BCUT2D eigenvalue weighted by Gasteiger charge is 2.17. The number of carbonyl (C=O) groups excluding carboxylic acids is 1. The number of aromatic nitrogens is 3. The van der Waals surface area contributed by atoms with Crippen molar-refractivity contribution in [3.05, 3.63) is 71.9 Å². The molecule has 0 aliphatic carbocycles. The van der Waals surface area contributed by atoms with Gasteiger partial charge in [0.2, 0.25) is 5.76 Å². The highest BCUT2D eigenvalue weighted by Crippen LogP contribution is 2.29. The quantitative estimate of drug-likeness (QED) is 0.417. The summed E-state index contributed by atoms with van der Waals surface area (Å²) >= 11 is 0. The van der Waals surface area contributed by atoms with E-state index >= 15 is 0 Å². The highest BCUT2D eigenvalue weighted by atomic mass is 19.1. The van der Waals surface area contributed by atoms with Gasteiger partial charge in [0.1, 0.15) is 17.1 Å². The number of carbonyl (C=O) groups is 1. The number of halogens is 1. The molecule has 0 N–H and O–H groups in total. The van der Waals surface area contributed by atoms with Crippen LogP contribution in [0.4, 0.5) is 4.39 Å². The van der Waals surface area contributed by atoms with Crippen molar-refractivity contribution >= 4 is 39.1 Å². The van der Waals surface area contributed by atoms with Crippen molar-refractivity contribution in [3.63, 3.8) is 0 Å². The van der Waals surface area contributed by atoms with Gasteiger partial charge in [0.25, 0.3) is 0 Å². The van der Waals surface area contributed by atoms with Crippen LogP contribution in [0.15, 0.2) is 59.0 Å². The Hall–Kier alpha value is -3.74. The molecule has 0 spiro atoms. The largest absolute Gasteiger partial charge is 0.460 e. The lowest BCUT2D eigenvalue weighted by Crippen LogP contribution is -2.03. The molecule has 5 aromatic rings. The fourth-order valence-electron chi connectivity index (χ4n) is 3.50. The Balaban J connectivity index is 1.68. The van der Waals surface area contributed by atoms with E-state index in [1.54, 1.807) is 25.1 Å². The second-order valence-corrected chi connectivity index (χ2v) is 6.62. The number of esters is 1. The minimum absolute atomic E-state index is 0.162. The zero-order valence-electron chi connectivity index (χ0n) is 15.6. The van der Waals surface area contributed by atoms with Gasteiger partial charge in [-0.3, -0.25) is 0 Å². The molecule has 0 radical (unpaired) electrons. The zero-order valence-corrected chi connectivity index (χ0v) is 15.6. The second kappa shape index (κ2) is 6.70. The predicted molar refractivity (Wildman–Crippen MR) is 106 cm³/mol. The summed E-state index contributed by atoms with van der Waals surface area (Å²) in [6, 6.07) is 15.5. The molecule has 0 saturated carbocycles. The van der Waals surface area contributed by atoms with Crippen LogP contribution in [0.25, 0.3) is 33.1 Å². The second-order valence-electron chi connectivity index (χ2n) is 6.62. The van der Waals surface area contributed by atoms with E-state index in [1.807, 2.05) is 28.8 Å². The molecule has 144 valence electrons. The van der Waals surface area contributed by atoms with Gasteiger partial charge in [0, 0.05) is 11.5 Å². The number of rotatable bonds is 4. The predicted octanol–water partition coefficient (Wildman–Crippen LogP) is 4.69. The number of hydrogen-bond donors (Lipinski definition) is 0. The average molecular weight is 389 g/mol. The summed E-state index contributed by atoms with van der Waals surface area (Å²) < 4.78 is 26.3. The molecule has 0 bridgehead atoms. The van der Waals surface area contributed by atoms with E-state index in [4.69, 9.17) is 14.1 Å². The Bertz CT molecular complexity index is 1390. The third-order valence-electron chi connectivity index (χ3n) is 4.77. The molecule has 5 rings (SSSR count). The van der Waals surface area contributed by atoms with E-state index in [2.05, 4.69) is 4.98 Å². The molecule has 0 saturated heterocycles. The van der Waals surface area contributed by atoms with Crippen molar-refractivity contribution in [1.29, 1.82) is 0 Å². The molecule has 7 heteroatoms. The lowest BCUT2D eigenvalue weighted by atomic mass is 10.2. The SMILES string of the molecule is CCOC(=O)c1ccc(Cn2c3ccccc3c3nc4cc(F)ccc4nc32)o1. The summed E-state index contributed by atoms with van der Waals surface area (Å²) in [5, 5.41) is 0.915. The molecule has 0 fully saturated rings. The number of ether oxygens (including phenoxy) is 1. The Morgan fingerprint density at radius 3 is 2.83 bits per heavy atom. The van der Waals surface area contributed by atoms with E-state index in [9.17, 15) is 9.18 Å². The lowest BCUT2D eigenvalue weighted by molar-refractivity contribution is 0.0488. The number of para-hydroxylation sites is 1. The van der Waals surface area contributed by atoms with Crippen molar-refractivity contribution in [3.8, 4) is 0 Å². The van der Waals surface area contributed by atoms with Crippen LogP contribution in [0.1, 0.15) is 23.2 Å². The van der Waals surface area contributed by atoms with Crippen molar-refractivity contribution < 1.29 is 18.3 Å². The topological polar surface area (TPSA) is 70.2 Å². The van der Waals surface area contributed by atoms with Gasteiger partial charge in [-0.1, -0.05) is 18.2 Å². The van der Waals surface area contributed by atoms with E-state index in [1.165, 1.54) is 12.1 Å². The summed E-state index contributed by atoms with van der Waals surface area (Å²) in [5.41, 5.74) is 3.39. The minimum atomic E-state index is -0.492. The first-order valence-electron chi connectivity index (χ1n) is 9.24. The Labute approximate surface area is 164 Å². The fraction of sp³-hybridized carbons (Fsp3) is 0.136. The third kappa shape index (κ3) is 2.91. The van der Waals surface area contributed by atoms with Crippen LogP contribution in [-0.2, 0) is 11.3 Å². The average Bonchev–Trinajstić information content (AvgIpc) is 3.31.